The van der Waals surface area contributed by atoms with Gasteiger partial charge in [-0.05, 0) is 82.7 Å². The summed E-state index contributed by atoms with van der Waals surface area (Å²) in [6.07, 6.45) is 1.70. The number of aromatic carboxylic acids is 1. The predicted molar refractivity (Wildman–Crippen MR) is 116 cm³/mol. The zero-order valence-corrected chi connectivity index (χ0v) is 18.0. The summed E-state index contributed by atoms with van der Waals surface area (Å²) in [5.74, 6) is -0.894. The van der Waals surface area contributed by atoms with Gasteiger partial charge in [0.1, 0.15) is 0 Å². The molecule has 7 nitrogen and oxygen atoms in total. The molecular formula is C20H17BrN2O5S. The molecule has 1 amide bonds. The van der Waals surface area contributed by atoms with Crippen molar-refractivity contribution in [3.8, 4) is 11.5 Å². The van der Waals surface area contributed by atoms with Gasteiger partial charge in [0.25, 0.3) is 5.91 Å². The van der Waals surface area contributed by atoms with Gasteiger partial charge in [0.05, 0.1) is 27.2 Å². The largest absolute Gasteiger partial charge is 0.503 e. The third-order valence-electron chi connectivity index (χ3n) is 3.99. The van der Waals surface area contributed by atoms with Gasteiger partial charge in [-0.25, -0.2) is 9.79 Å². The number of benzene rings is 2. The number of carbonyl (C=O) groups excluding carboxylic acids is 1. The van der Waals surface area contributed by atoms with E-state index >= 15 is 0 Å². The van der Waals surface area contributed by atoms with Gasteiger partial charge in [0, 0.05) is 7.05 Å². The van der Waals surface area contributed by atoms with E-state index in [4.69, 9.17) is 9.84 Å². The molecule has 2 aromatic carbocycles. The molecule has 2 aromatic rings. The number of halogens is 1. The van der Waals surface area contributed by atoms with Crippen LogP contribution in [0.3, 0.4) is 0 Å². The topological polar surface area (TPSA) is 99.4 Å². The highest BCUT2D eigenvalue weighted by Gasteiger charge is 2.30. The highest BCUT2D eigenvalue weighted by atomic mass is 79.9. The maximum absolute atomic E-state index is 12.6. The summed E-state index contributed by atoms with van der Waals surface area (Å²) < 4.78 is 5.88. The Bertz CT molecular complexity index is 1030. The maximum Gasteiger partial charge on any atom is 0.335 e. The van der Waals surface area contributed by atoms with E-state index in [1.165, 1.54) is 28.8 Å². The molecule has 1 fully saturated rings. The number of hydrogen-bond donors (Lipinski definition) is 2. The lowest BCUT2D eigenvalue weighted by Gasteiger charge is -2.09. The molecule has 0 unspecified atom stereocenters. The van der Waals surface area contributed by atoms with Crippen LogP contribution in [0.5, 0.6) is 11.5 Å². The monoisotopic (exact) mass is 476 g/mol. The number of carbonyl (C=O) groups is 2. The van der Waals surface area contributed by atoms with E-state index in [0.29, 0.717) is 38.2 Å². The molecule has 0 atom stereocenters. The van der Waals surface area contributed by atoms with Crippen LogP contribution < -0.4 is 4.74 Å². The van der Waals surface area contributed by atoms with Crippen LogP contribution in [0.1, 0.15) is 22.8 Å². The van der Waals surface area contributed by atoms with Gasteiger partial charge in [0.15, 0.2) is 16.7 Å². The number of rotatable bonds is 5. The molecule has 1 aliphatic rings. The number of phenolic OH excluding ortho intramolecular Hbond substituents is 1. The number of phenols is 1. The summed E-state index contributed by atoms with van der Waals surface area (Å²) in [5, 5.41) is 19.5. The Kier molecular flexibility index (Phi) is 6.29. The van der Waals surface area contributed by atoms with Crippen molar-refractivity contribution in [3.05, 3.63) is 56.9 Å². The number of hydrogen-bond acceptors (Lipinski definition) is 6. The first-order chi connectivity index (χ1) is 13.8. The van der Waals surface area contributed by atoms with Gasteiger partial charge in [0.2, 0.25) is 0 Å². The number of thioether (sulfide) groups is 1. The minimum absolute atomic E-state index is 0.00331. The van der Waals surface area contributed by atoms with Crippen LogP contribution in [0, 0.1) is 0 Å². The van der Waals surface area contributed by atoms with Crippen molar-refractivity contribution in [1.29, 1.82) is 0 Å². The molecule has 150 valence electrons. The summed E-state index contributed by atoms with van der Waals surface area (Å²) in [7, 11) is 1.62. The molecule has 1 aliphatic heterocycles. The lowest BCUT2D eigenvalue weighted by molar-refractivity contribution is -0.121. The number of aliphatic imine (C=N–C) groups is 1. The Hall–Kier alpha value is -2.78. The van der Waals surface area contributed by atoms with Crippen molar-refractivity contribution in [3.63, 3.8) is 0 Å². The number of carboxylic acids is 1. The van der Waals surface area contributed by atoms with Crippen molar-refractivity contribution in [1.82, 2.24) is 4.90 Å². The zero-order valence-electron chi connectivity index (χ0n) is 15.5. The summed E-state index contributed by atoms with van der Waals surface area (Å²) >= 11 is 4.50. The number of ether oxygens (including phenoxy) is 1. The SMILES string of the molecule is CCOc1cc(/C=C2\SC(=Nc3ccc(C(=O)O)cc3)N(C)C2=O)cc(Br)c1O. The molecule has 0 radical (unpaired) electrons. The summed E-state index contributed by atoms with van der Waals surface area (Å²) in [4.78, 5) is 29.9. The quantitative estimate of drug-likeness (QED) is 0.616. The number of likely N-dealkylation sites (N-methyl/N-ethyl adjacent to an activating group) is 1. The number of aromatic hydroxyl groups is 1. The first-order valence-corrected chi connectivity index (χ1v) is 10.2. The molecule has 29 heavy (non-hydrogen) atoms. The van der Waals surface area contributed by atoms with Gasteiger partial charge in [-0.2, -0.15) is 0 Å². The lowest BCUT2D eigenvalue weighted by Crippen LogP contribution is -2.23. The molecule has 0 aliphatic carbocycles. The average molecular weight is 477 g/mol. The first kappa shape index (κ1) is 20.9. The van der Waals surface area contributed by atoms with Crippen molar-refractivity contribution in [2.45, 2.75) is 6.92 Å². The van der Waals surface area contributed by atoms with Crippen LogP contribution in [0.25, 0.3) is 6.08 Å². The van der Waals surface area contributed by atoms with Crippen LogP contribution in [0.2, 0.25) is 0 Å². The zero-order chi connectivity index (χ0) is 21.1. The molecule has 0 spiro atoms. The Morgan fingerprint density at radius 2 is 2.00 bits per heavy atom. The summed E-state index contributed by atoms with van der Waals surface area (Å²) in [5.41, 5.74) is 1.40. The van der Waals surface area contributed by atoms with Crippen molar-refractivity contribution < 1.29 is 24.5 Å². The maximum atomic E-state index is 12.6. The van der Waals surface area contributed by atoms with Gasteiger partial charge in [-0.3, -0.25) is 9.69 Å². The number of nitrogens with zero attached hydrogens (tertiary/aromatic N) is 2. The number of amidine groups is 1. The summed E-state index contributed by atoms with van der Waals surface area (Å²) in [6, 6.07) is 9.44. The second kappa shape index (κ2) is 8.71. The van der Waals surface area contributed by atoms with Crippen LogP contribution >= 0.6 is 27.7 Å². The van der Waals surface area contributed by atoms with E-state index in [1.54, 1.807) is 37.4 Å². The van der Waals surface area contributed by atoms with E-state index in [1.807, 2.05) is 6.92 Å². The average Bonchev–Trinajstić information content (AvgIpc) is 2.94. The first-order valence-electron chi connectivity index (χ1n) is 8.55. The summed E-state index contributed by atoms with van der Waals surface area (Å²) in [6.45, 7) is 2.21. The molecule has 1 heterocycles. The van der Waals surface area contributed by atoms with Gasteiger partial charge in [-0.1, -0.05) is 0 Å². The molecule has 9 heteroatoms. The minimum Gasteiger partial charge on any atom is -0.503 e. The highest BCUT2D eigenvalue weighted by molar-refractivity contribution is 9.10. The fourth-order valence-corrected chi connectivity index (χ4v) is 3.98. The van der Waals surface area contributed by atoms with E-state index in [0.717, 1.165) is 0 Å². The van der Waals surface area contributed by atoms with E-state index in [-0.39, 0.29) is 17.2 Å². The smallest absolute Gasteiger partial charge is 0.335 e. The third kappa shape index (κ3) is 4.63. The predicted octanol–water partition coefficient (Wildman–Crippen LogP) is 4.49. The van der Waals surface area contributed by atoms with Gasteiger partial charge in [-0.15, -0.1) is 0 Å². The molecule has 1 saturated heterocycles. The standard InChI is InChI=1S/C20H17BrN2O5S/c1-3-28-15-9-11(8-14(21)17(15)24)10-16-18(25)23(2)20(29-16)22-13-6-4-12(5-7-13)19(26)27/h4-10,24H,3H2,1-2H3,(H,26,27)/b16-10-,22-20?. The van der Waals surface area contributed by atoms with Gasteiger partial charge < -0.3 is 14.9 Å². The van der Waals surface area contributed by atoms with E-state index < -0.39 is 5.97 Å². The normalized spacial score (nSPS) is 16.7. The van der Waals surface area contributed by atoms with Crippen LogP contribution in [0.15, 0.2) is 50.8 Å². The molecule has 0 bridgehead atoms. The van der Waals surface area contributed by atoms with Crippen LogP contribution in [-0.2, 0) is 4.79 Å². The third-order valence-corrected chi connectivity index (χ3v) is 5.66. The van der Waals surface area contributed by atoms with Crippen LogP contribution in [0.4, 0.5) is 5.69 Å². The Labute approximate surface area is 179 Å². The molecule has 2 N–H and O–H groups in total. The number of carboxylic acid groups (broad SMARTS) is 1. The van der Waals surface area contributed by atoms with E-state index in [2.05, 4.69) is 20.9 Å². The fraction of sp³-hybridized carbons (Fsp3) is 0.150. The van der Waals surface area contributed by atoms with Crippen molar-refractivity contribution in [2.24, 2.45) is 4.99 Å². The fourth-order valence-electron chi connectivity index (χ4n) is 2.53. The lowest BCUT2D eigenvalue weighted by atomic mass is 10.2. The van der Waals surface area contributed by atoms with Crippen LogP contribution in [-0.4, -0.2) is 45.8 Å². The molecule has 3 rings (SSSR count). The second-order valence-corrected chi connectivity index (χ2v) is 7.87. The molecular weight excluding hydrogens is 460 g/mol. The Balaban J connectivity index is 1.89. The minimum atomic E-state index is -1.01. The Morgan fingerprint density at radius 3 is 2.62 bits per heavy atom. The van der Waals surface area contributed by atoms with Crippen molar-refractivity contribution >= 4 is 56.5 Å². The highest BCUT2D eigenvalue weighted by Crippen LogP contribution is 2.38. The van der Waals surface area contributed by atoms with E-state index in [9.17, 15) is 14.7 Å². The Morgan fingerprint density at radius 1 is 1.31 bits per heavy atom. The molecule has 0 aromatic heterocycles. The molecule has 0 saturated carbocycles. The number of amides is 1. The van der Waals surface area contributed by atoms with Gasteiger partial charge >= 0.3 is 5.97 Å². The van der Waals surface area contributed by atoms with Crippen molar-refractivity contribution in [2.75, 3.05) is 13.7 Å². The second-order valence-electron chi connectivity index (χ2n) is 6.00.